The number of anilines is 2. The minimum Gasteiger partial charge on any atom is -0.457 e. The van der Waals surface area contributed by atoms with E-state index in [2.05, 4.69) is 19.8 Å². The second-order valence-electron chi connectivity index (χ2n) is 13.3. The molecule has 0 aliphatic carbocycles. The van der Waals surface area contributed by atoms with E-state index in [1.807, 2.05) is 59.5 Å². The van der Waals surface area contributed by atoms with Crippen molar-refractivity contribution >= 4 is 28.4 Å². The van der Waals surface area contributed by atoms with E-state index in [1.165, 1.54) is 18.5 Å². The van der Waals surface area contributed by atoms with E-state index in [-0.39, 0.29) is 23.2 Å². The molecule has 2 N–H and O–H groups in total. The molecule has 8 rings (SSSR count). The van der Waals surface area contributed by atoms with Crippen LogP contribution in [-0.2, 0) is 0 Å². The molecule has 0 radical (unpaired) electrons. The SMILES string of the molecule is Nc1ncnc2c1n(-c1ccc(Oc3ccccc3)cc1)c(=O)n2C1CCN(C2CCN(C3CN(c4ccc([N+](=O)[O-])cc4F)C3)CC2)CC1. The van der Waals surface area contributed by atoms with Crippen LogP contribution in [0.3, 0.4) is 0 Å². The molecule has 5 heterocycles. The number of imidazole rings is 1. The van der Waals surface area contributed by atoms with Gasteiger partial charge in [0.15, 0.2) is 17.3 Å². The third-order valence-electron chi connectivity index (χ3n) is 10.5. The number of aromatic nitrogens is 4. The Morgan fingerprint density at radius 1 is 0.820 bits per heavy atom. The number of fused-ring (bicyclic) bond motifs is 1. The van der Waals surface area contributed by atoms with Gasteiger partial charge in [0.25, 0.3) is 5.69 Å². The summed E-state index contributed by atoms with van der Waals surface area (Å²) in [6.07, 6.45) is 5.18. The molecule has 0 atom stereocenters. The fourth-order valence-electron chi connectivity index (χ4n) is 7.80. The number of halogens is 1. The second kappa shape index (κ2) is 13.2. The Hall–Kier alpha value is -5.34. The minimum atomic E-state index is -0.577. The van der Waals surface area contributed by atoms with E-state index >= 15 is 0 Å². The molecule has 3 aliphatic heterocycles. The number of nitrogen functional groups attached to an aromatic ring is 1. The Kier molecular flexibility index (Phi) is 8.41. The lowest BCUT2D eigenvalue weighted by molar-refractivity contribution is -0.385. The van der Waals surface area contributed by atoms with Gasteiger partial charge in [0, 0.05) is 63.5 Å². The standard InChI is InChI=1S/C36H38FN9O4/c37-31-20-27(46(48)49)8-11-32(31)43-21-28(22-43)42-16-12-24(13-17-42)41-18-14-26(15-19-41)45-35-33(34(38)39-23-40-35)44(36(45)47)25-6-9-30(10-7-25)50-29-4-2-1-3-5-29/h1-11,20,23-24,26,28H,12-19,21-22H2,(H2,38,39,40). The van der Waals surface area contributed by atoms with Crippen molar-refractivity contribution in [2.75, 3.05) is 49.9 Å². The molecule has 258 valence electrons. The second-order valence-corrected chi connectivity index (χ2v) is 13.3. The van der Waals surface area contributed by atoms with Gasteiger partial charge in [-0.15, -0.1) is 0 Å². The zero-order chi connectivity index (χ0) is 34.4. The van der Waals surface area contributed by atoms with Gasteiger partial charge >= 0.3 is 5.69 Å². The van der Waals surface area contributed by atoms with Crippen molar-refractivity contribution in [1.82, 2.24) is 28.9 Å². The van der Waals surface area contributed by atoms with Crippen LogP contribution in [0.4, 0.5) is 21.6 Å². The molecule has 3 aliphatic rings. The summed E-state index contributed by atoms with van der Waals surface area (Å²) >= 11 is 0. The Morgan fingerprint density at radius 3 is 2.12 bits per heavy atom. The van der Waals surface area contributed by atoms with E-state index in [4.69, 9.17) is 10.5 Å². The molecule has 14 heteroatoms. The predicted octanol–water partition coefficient (Wildman–Crippen LogP) is 4.99. The van der Waals surface area contributed by atoms with Crippen LogP contribution in [0.5, 0.6) is 11.5 Å². The van der Waals surface area contributed by atoms with Crippen molar-refractivity contribution in [2.45, 2.75) is 43.8 Å². The Morgan fingerprint density at radius 2 is 1.46 bits per heavy atom. The quantitative estimate of drug-likeness (QED) is 0.176. The maximum absolute atomic E-state index is 14.5. The van der Waals surface area contributed by atoms with Gasteiger partial charge in [-0.3, -0.25) is 24.1 Å². The van der Waals surface area contributed by atoms with Crippen molar-refractivity contribution < 1.29 is 14.1 Å². The third-order valence-corrected chi connectivity index (χ3v) is 10.5. The van der Waals surface area contributed by atoms with Gasteiger partial charge in [-0.05, 0) is 68.1 Å². The first-order chi connectivity index (χ1) is 24.3. The van der Waals surface area contributed by atoms with Crippen LogP contribution in [0.15, 0.2) is 83.9 Å². The first kappa shape index (κ1) is 31.9. The average Bonchev–Trinajstić information content (AvgIpc) is 3.42. The number of ether oxygens (including phenoxy) is 1. The number of likely N-dealkylation sites (tertiary alicyclic amines) is 2. The summed E-state index contributed by atoms with van der Waals surface area (Å²) < 4.78 is 23.9. The van der Waals surface area contributed by atoms with E-state index < -0.39 is 10.7 Å². The van der Waals surface area contributed by atoms with Crippen LogP contribution in [0.25, 0.3) is 16.9 Å². The van der Waals surface area contributed by atoms with Crippen molar-refractivity contribution in [2.24, 2.45) is 0 Å². The normalized spacial score (nSPS) is 18.4. The molecular formula is C36H38FN9O4. The molecule has 2 aromatic heterocycles. The number of piperidine rings is 2. The summed E-state index contributed by atoms with van der Waals surface area (Å²) in [6.45, 7) is 5.16. The Balaban J connectivity index is 0.897. The van der Waals surface area contributed by atoms with E-state index in [1.54, 1.807) is 9.13 Å². The highest BCUT2D eigenvalue weighted by Gasteiger charge is 2.37. The van der Waals surface area contributed by atoms with Gasteiger partial charge in [0.1, 0.15) is 23.3 Å². The number of benzene rings is 3. The van der Waals surface area contributed by atoms with Crippen molar-refractivity contribution in [3.05, 3.63) is 106 Å². The zero-order valence-corrected chi connectivity index (χ0v) is 27.5. The average molecular weight is 680 g/mol. The molecule has 3 saturated heterocycles. The molecule has 0 spiro atoms. The minimum absolute atomic E-state index is 0.0154. The number of non-ortho nitro benzene ring substituents is 1. The maximum atomic E-state index is 14.5. The molecule has 0 saturated carbocycles. The van der Waals surface area contributed by atoms with Crippen molar-refractivity contribution in [1.29, 1.82) is 0 Å². The van der Waals surface area contributed by atoms with Crippen LogP contribution < -0.4 is 21.1 Å². The first-order valence-electron chi connectivity index (χ1n) is 17.1. The molecule has 0 unspecified atom stereocenters. The number of nitrogens with zero attached hydrogens (tertiary/aromatic N) is 8. The van der Waals surface area contributed by atoms with Crippen molar-refractivity contribution in [3.63, 3.8) is 0 Å². The molecule has 5 aromatic rings. The number of rotatable bonds is 8. The molecule has 3 aromatic carbocycles. The van der Waals surface area contributed by atoms with Crippen LogP contribution in [0.1, 0.15) is 31.7 Å². The summed E-state index contributed by atoms with van der Waals surface area (Å²) in [5.74, 6) is 1.09. The van der Waals surface area contributed by atoms with Gasteiger partial charge in [-0.1, -0.05) is 18.2 Å². The molecule has 0 bridgehead atoms. The number of nitrogens with two attached hydrogens (primary N) is 1. The lowest BCUT2D eigenvalue weighted by atomic mass is 9.95. The summed E-state index contributed by atoms with van der Waals surface area (Å²) in [5, 5.41) is 11.0. The van der Waals surface area contributed by atoms with Gasteiger partial charge in [-0.25, -0.2) is 19.2 Å². The summed E-state index contributed by atoms with van der Waals surface area (Å²) in [4.78, 5) is 40.2. The molecule has 50 heavy (non-hydrogen) atoms. The first-order valence-corrected chi connectivity index (χ1v) is 17.1. The Bertz CT molecular complexity index is 2070. The van der Waals surface area contributed by atoms with Gasteiger partial charge in [-0.2, -0.15) is 0 Å². The van der Waals surface area contributed by atoms with Gasteiger partial charge in [0.05, 0.1) is 22.4 Å². The number of hydrogen-bond acceptors (Lipinski definition) is 10. The zero-order valence-electron chi connectivity index (χ0n) is 27.5. The summed E-state index contributed by atoms with van der Waals surface area (Å²) in [6, 6.07) is 21.6. The monoisotopic (exact) mass is 679 g/mol. The van der Waals surface area contributed by atoms with Gasteiger partial charge < -0.3 is 20.3 Å². The van der Waals surface area contributed by atoms with E-state index in [9.17, 15) is 19.3 Å². The highest BCUT2D eigenvalue weighted by molar-refractivity contribution is 5.84. The molecule has 3 fully saturated rings. The highest BCUT2D eigenvalue weighted by Crippen LogP contribution is 2.33. The lowest BCUT2D eigenvalue weighted by Crippen LogP contribution is -2.62. The highest BCUT2D eigenvalue weighted by atomic mass is 19.1. The smallest absolute Gasteiger partial charge is 0.335 e. The van der Waals surface area contributed by atoms with E-state index in [0.29, 0.717) is 53.5 Å². The largest absolute Gasteiger partial charge is 0.457 e. The summed E-state index contributed by atoms with van der Waals surface area (Å²) in [7, 11) is 0. The maximum Gasteiger partial charge on any atom is 0.335 e. The number of nitro benzene ring substituents is 1. The fourth-order valence-corrected chi connectivity index (χ4v) is 7.80. The van der Waals surface area contributed by atoms with Crippen LogP contribution in [-0.4, -0.2) is 85.2 Å². The van der Waals surface area contributed by atoms with Crippen LogP contribution in [0.2, 0.25) is 0 Å². The predicted molar refractivity (Wildman–Crippen MR) is 188 cm³/mol. The molecular weight excluding hydrogens is 641 g/mol. The number of nitro groups is 1. The van der Waals surface area contributed by atoms with Crippen molar-refractivity contribution in [3.8, 4) is 17.2 Å². The lowest BCUT2D eigenvalue weighted by Gasteiger charge is -2.50. The summed E-state index contributed by atoms with van der Waals surface area (Å²) in [5.41, 5.74) is 8.09. The van der Waals surface area contributed by atoms with Gasteiger partial charge in [0.2, 0.25) is 0 Å². The molecule has 13 nitrogen and oxygen atoms in total. The van der Waals surface area contributed by atoms with Crippen LogP contribution in [0, 0.1) is 15.9 Å². The number of hydrogen-bond donors (Lipinski definition) is 1. The third kappa shape index (κ3) is 5.94. The molecule has 0 amide bonds. The Labute approximate surface area is 287 Å². The topological polar surface area (TPSA) is 141 Å². The number of para-hydroxylation sites is 1. The fraction of sp³-hybridized carbons (Fsp3) is 0.361. The van der Waals surface area contributed by atoms with E-state index in [0.717, 1.165) is 63.7 Å². The van der Waals surface area contributed by atoms with Crippen LogP contribution >= 0.6 is 0 Å².